The second-order valence-electron chi connectivity index (χ2n) is 62.4. The second kappa shape index (κ2) is 46.9. The van der Waals surface area contributed by atoms with E-state index in [0.717, 1.165) is 248 Å². The van der Waals surface area contributed by atoms with Crippen LogP contribution >= 0.6 is 0 Å². The van der Waals surface area contributed by atoms with Gasteiger partial charge in [-0.05, 0) is 525 Å². The van der Waals surface area contributed by atoms with Crippen molar-refractivity contribution in [3.05, 3.63) is 82.5 Å². The van der Waals surface area contributed by atoms with Crippen LogP contribution in [-0.4, -0.2) is 56.1 Å². The van der Waals surface area contributed by atoms with E-state index in [1.54, 1.807) is 27.9 Å². The van der Waals surface area contributed by atoms with Crippen LogP contribution in [0.15, 0.2) is 82.5 Å². The predicted octanol–water partition coefficient (Wildman–Crippen LogP) is 38.3. The van der Waals surface area contributed by atoms with Gasteiger partial charge in [0.25, 0.3) is 0 Å². The number of hydrogen-bond acceptors (Lipinski definition) is 5. The molecule has 20 aliphatic carbocycles. The van der Waals surface area contributed by atoms with Crippen LogP contribution in [0.4, 0.5) is 0 Å². The monoisotopic (exact) mass is 2010 g/mol. The Balaban J connectivity index is 0.000000131. The molecule has 0 radical (unpaired) electrons. The molecule has 0 saturated heterocycles. The van der Waals surface area contributed by atoms with Crippen molar-refractivity contribution in [2.24, 2.45) is 255 Å². The molecule has 5 N–H and O–H groups in total. The Morgan fingerprint density at radius 3 is 0.795 bits per heavy atom. The zero-order chi connectivity index (χ0) is 105. The smallest absolute Gasteiger partial charge is 0.0577 e. The molecule has 5 nitrogen and oxygen atoms in total. The Morgan fingerprint density at radius 2 is 0.534 bits per heavy atom. The van der Waals surface area contributed by atoms with Crippen LogP contribution in [0.5, 0.6) is 0 Å². The van der Waals surface area contributed by atoms with Crippen LogP contribution < -0.4 is 0 Å². The third-order valence-corrected chi connectivity index (χ3v) is 54.0. The van der Waals surface area contributed by atoms with Gasteiger partial charge in [-0.3, -0.25) is 0 Å². The molecule has 0 aromatic rings. The van der Waals surface area contributed by atoms with Gasteiger partial charge >= 0.3 is 0 Å². The van der Waals surface area contributed by atoms with Gasteiger partial charge in [0.1, 0.15) is 0 Å². The van der Waals surface area contributed by atoms with Gasteiger partial charge in [0.05, 0.1) is 30.5 Å². The number of fused-ring (bicyclic) bond motifs is 25. The fraction of sp³-hybridized carbons (Fsp3) is 0.901. The van der Waals surface area contributed by atoms with Crippen molar-refractivity contribution >= 4 is 0 Å². The Labute approximate surface area is 903 Å². The van der Waals surface area contributed by atoms with E-state index >= 15 is 0 Å². The lowest BCUT2D eigenvalue weighted by atomic mass is 9.47. The number of aliphatic hydroxyl groups is 5. The minimum atomic E-state index is -0.0870. The highest BCUT2D eigenvalue weighted by Crippen LogP contribution is 2.75. The lowest BCUT2D eigenvalue weighted by Gasteiger charge is -2.58. The summed E-state index contributed by atoms with van der Waals surface area (Å²) < 4.78 is 0. The third-order valence-electron chi connectivity index (χ3n) is 54.0. The molecule has 0 bridgehead atoms. The molecular formula is C141H238O5. The van der Waals surface area contributed by atoms with Gasteiger partial charge in [-0.2, -0.15) is 0 Å². The van der Waals surface area contributed by atoms with E-state index in [-0.39, 0.29) is 30.5 Å². The zero-order valence-electron chi connectivity index (χ0n) is 101. The fourth-order valence-corrected chi connectivity index (χ4v) is 43.7. The van der Waals surface area contributed by atoms with Crippen LogP contribution in [0.25, 0.3) is 0 Å². The minimum Gasteiger partial charge on any atom is -0.393 e. The number of aliphatic hydroxyl groups excluding tert-OH is 5. The summed E-state index contributed by atoms with van der Waals surface area (Å²) in [6.07, 6.45) is 86.8. The highest BCUT2D eigenvalue weighted by molar-refractivity contribution is 5.32. The molecule has 15 saturated carbocycles. The van der Waals surface area contributed by atoms with Gasteiger partial charge in [0.15, 0.2) is 0 Å². The first-order valence-corrected chi connectivity index (χ1v) is 65.2. The first-order valence-electron chi connectivity index (χ1n) is 65.2. The quantitative estimate of drug-likeness (QED) is 0.0587. The SMILES string of the molecule is CC(/C=C/[C@H](C)C(C)C)[C@H]1CC[C@H]2[C@@H]3CC=C4C[C@@H](O)CC[C@]4(C)[C@H]3CC[C@]12C.CC(C)CCC[C@@H](C)[C@H]1CC[C@H]2[C@@H]3CC=C4C[C@@H](O)CC[C@]4(C)[C@H]3CC[C@]12C.CC(C)[C@H](C)CC[C@@H](C)[C@H]1CC[C@H]2[C@@H]3CC=C4C[C@@H](O)CC[C@]4(C)[C@H]3CC[C@]12C.CC[C@H](/C=C/[C@@H](C)[C@H]1CC[C@H]2[C@@H]3CC=C4C[C@@H](O)CC[C@]4(C)[C@H]3CC[C@]12C)C(C)C.CC[C@H](CC[C@@H](C)[C@H]1CC[C@H]2[C@@H]3CC=C4C[C@@H](O)CC[C@]4(C)[C@H]3CC[C@]12C)C(C)C. The van der Waals surface area contributed by atoms with E-state index < -0.39 is 0 Å². The number of allylic oxidation sites excluding steroid dienone is 9. The summed E-state index contributed by atoms with van der Waals surface area (Å²) in [5, 5.41) is 51.1. The summed E-state index contributed by atoms with van der Waals surface area (Å²) in [5.41, 5.74) is 12.8. The van der Waals surface area contributed by atoms with Crippen molar-refractivity contribution < 1.29 is 25.5 Å². The molecule has 20 rings (SSSR count). The van der Waals surface area contributed by atoms with Crippen molar-refractivity contribution in [1.82, 2.24) is 0 Å². The highest BCUT2D eigenvalue weighted by Gasteiger charge is 2.67. The molecule has 44 atom stereocenters. The van der Waals surface area contributed by atoms with Gasteiger partial charge in [-0.1, -0.05) is 328 Å². The van der Waals surface area contributed by atoms with Gasteiger partial charge in [0.2, 0.25) is 0 Å². The summed E-state index contributed by atoms with van der Waals surface area (Å²) >= 11 is 0. The van der Waals surface area contributed by atoms with E-state index in [1.807, 2.05) is 0 Å². The van der Waals surface area contributed by atoms with Crippen molar-refractivity contribution in [3.63, 3.8) is 0 Å². The molecule has 0 aromatic carbocycles. The molecule has 0 heterocycles. The summed E-state index contributed by atoms with van der Waals surface area (Å²) in [7, 11) is 0. The van der Waals surface area contributed by atoms with E-state index in [4.69, 9.17) is 0 Å². The van der Waals surface area contributed by atoms with Crippen molar-refractivity contribution in [3.8, 4) is 0 Å². The first-order chi connectivity index (χ1) is 69.0. The standard InChI is InChI=1S/C29H50O.C29H48O.C28H48O.C28H46O.C27H46O/c2*1-7-21(19(2)3)9-8-20(4)25-12-13-26-24-11-10-22-18-23(30)14-16-28(22,5)27(24)15-17-29(25,26)6;2*1-18(2)19(3)7-8-20(4)24-11-12-25-23-10-9-21-17-22(29)13-15-27(21,5)26(23)14-16-28(24,25)6;1-18(2)7-6-8-19(3)23-11-12-24-22-10-9-20-17-21(28)13-15-26(20,4)25(22)14-16-27(23,24)5/h10,19-21,23-27,30H,7-9,11-18H2,1-6H3;8-10,19-21,23-27,30H,7,11-18H2,1-6H3;9,18-20,22-26,29H,7-8,10-17H2,1-6H3;7-9,18-20,22-26,29H,10-17H2,1-6H3;9,18-19,21-25,28H,6-8,10-17H2,1-5H3/b;9-8+;;8-7+;/t2*20-,21-,23+,24+,25-,26+,27+,28+,29-;19-,20-,22+,23+,24-,25+,26+,27+,28-;19-,20?,22-,23-,24+,25-,26-,27-,28+;19-,21+,22+,23-,24+,25+,26+,27-/m11101/s1. The number of hydrogen-bond donors (Lipinski definition) is 5. The lowest BCUT2D eigenvalue weighted by Crippen LogP contribution is -2.50. The largest absolute Gasteiger partial charge is 0.393 e. The fourth-order valence-electron chi connectivity index (χ4n) is 43.7. The summed E-state index contributed by atoms with van der Waals surface area (Å²) in [4.78, 5) is 0. The van der Waals surface area contributed by atoms with Crippen LogP contribution in [0.1, 0.15) is 515 Å². The molecule has 832 valence electrons. The van der Waals surface area contributed by atoms with Gasteiger partial charge in [-0.15, -0.1) is 0 Å². The third kappa shape index (κ3) is 22.5. The van der Waals surface area contributed by atoms with Gasteiger partial charge in [-0.25, -0.2) is 0 Å². The average molecular weight is 2010 g/mol. The molecule has 0 spiro atoms. The van der Waals surface area contributed by atoms with Crippen LogP contribution in [0, 0.1) is 255 Å². The Hall–Kier alpha value is -2.02. The Bertz CT molecular complexity index is 4460. The van der Waals surface area contributed by atoms with Gasteiger partial charge in [0, 0.05) is 0 Å². The molecule has 1 unspecified atom stereocenters. The molecule has 146 heavy (non-hydrogen) atoms. The van der Waals surface area contributed by atoms with Crippen LogP contribution in [0.2, 0.25) is 0 Å². The van der Waals surface area contributed by atoms with E-state index in [9.17, 15) is 25.5 Å². The minimum absolute atomic E-state index is 0.0766. The highest BCUT2D eigenvalue weighted by atomic mass is 16.3. The lowest BCUT2D eigenvalue weighted by molar-refractivity contribution is -0.0575. The molecule has 20 aliphatic rings. The molecule has 0 aliphatic heterocycles. The second-order valence-corrected chi connectivity index (χ2v) is 62.4. The maximum absolute atomic E-state index is 10.2. The van der Waals surface area contributed by atoms with Crippen molar-refractivity contribution in [2.45, 2.75) is 546 Å². The van der Waals surface area contributed by atoms with Crippen LogP contribution in [0.3, 0.4) is 0 Å². The summed E-state index contributed by atoms with van der Waals surface area (Å²) in [6, 6.07) is 0. The maximum atomic E-state index is 10.2. The summed E-state index contributed by atoms with van der Waals surface area (Å²) in [6.45, 7) is 72.3. The molecule has 5 heteroatoms. The maximum Gasteiger partial charge on any atom is 0.0577 e. The van der Waals surface area contributed by atoms with Crippen LogP contribution in [-0.2, 0) is 0 Å². The Kier molecular flexibility index (Phi) is 37.4. The molecule has 15 fully saturated rings. The molecule has 0 amide bonds. The zero-order valence-corrected chi connectivity index (χ0v) is 101. The number of rotatable bonds is 25. The normalized spacial score (nSPS) is 46.1. The van der Waals surface area contributed by atoms with Crippen molar-refractivity contribution in [1.29, 1.82) is 0 Å². The topological polar surface area (TPSA) is 101 Å². The molecular weight excluding hydrogens is 1770 g/mol. The van der Waals surface area contributed by atoms with E-state index in [2.05, 4.69) is 255 Å². The Morgan fingerprint density at radius 1 is 0.260 bits per heavy atom. The summed E-state index contributed by atoms with van der Waals surface area (Å²) in [5.74, 6) is 29.3. The first kappa shape index (κ1) is 116. The van der Waals surface area contributed by atoms with E-state index in [1.165, 1.54) is 250 Å². The van der Waals surface area contributed by atoms with Gasteiger partial charge < -0.3 is 25.5 Å². The predicted molar refractivity (Wildman–Crippen MR) is 622 cm³/mol. The van der Waals surface area contributed by atoms with Crippen molar-refractivity contribution in [2.75, 3.05) is 0 Å². The van der Waals surface area contributed by atoms with E-state index in [0.29, 0.717) is 71.9 Å². The average Bonchev–Trinajstić information content (AvgIpc) is 1.50. The molecule has 0 aromatic heterocycles.